The third kappa shape index (κ3) is 1.55. The quantitative estimate of drug-likeness (QED) is 0.736. The zero-order valence-electron chi connectivity index (χ0n) is 7.76. The van der Waals surface area contributed by atoms with Crippen LogP contribution in [-0.4, -0.2) is 5.78 Å². The molecular weight excluding hydrogens is 203 g/mol. The Morgan fingerprint density at radius 3 is 2.79 bits per heavy atom. The van der Waals surface area contributed by atoms with Crippen molar-refractivity contribution in [1.82, 2.24) is 0 Å². The monoisotopic (exact) mass is 212 g/mol. The summed E-state index contributed by atoms with van der Waals surface area (Å²) in [5, 5.41) is 0.429. The number of benzene rings is 1. The fourth-order valence-electron chi connectivity index (χ4n) is 1.83. The predicted molar refractivity (Wildman–Crippen MR) is 52.9 cm³/mol. The summed E-state index contributed by atoms with van der Waals surface area (Å²) < 4.78 is 13.4. The molecule has 74 valence electrons. The predicted octanol–water partition coefficient (Wildman–Crippen LogP) is 3.17. The number of ketones is 1. The Hall–Kier alpha value is -0.890. The van der Waals surface area contributed by atoms with Crippen LogP contribution in [0.1, 0.15) is 24.8 Å². The van der Waals surface area contributed by atoms with Gasteiger partial charge in [0.15, 0.2) is 0 Å². The summed E-state index contributed by atoms with van der Waals surface area (Å²) >= 11 is 5.88. The lowest BCUT2D eigenvalue weighted by atomic mass is 10.1. The first-order chi connectivity index (χ1) is 6.61. The Morgan fingerprint density at radius 2 is 2.29 bits per heavy atom. The van der Waals surface area contributed by atoms with Gasteiger partial charge in [-0.05, 0) is 31.4 Å². The summed E-state index contributed by atoms with van der Waals surface area (Å²) in [7, 11) is 0. The lowest BCUT2D eigenvalue weighted by molar-refractivity contribution is -0.118. The van der Waals surface area contributed by atoms with Gasteiger partial charge in [0.2, 0.25) is 0 Å². The molecule has 1 aromatic carbocycles. The average molecular weight is 213 g/mol. The van der Waals surface area contributed by atoms with Crippen LogP contribution in [0.2, 0.25) is 5.02 Å². The Balaban J connectivity index is 2.31. The molecule has 0 amide bonds. The van der Waals surface area contributed by atoms with Crippen molar-refractivity contribution in [2.75, 3.05) is 0 Å². The van der Waals surface area contributed by atoms with E-state index in [1.165, 1.54) is 6.07 Å². The van der Waals surface area contributed by atoms with Gasteiger partial charge in [-0.25, -0.2) is 4.39 Å². The van der Waals surface area contributed by atoms with Gasteiger partial charge in [0.25, 0.3) is 0 Å². The van der Waals surface area contributed by atoms with Gasteiger partial charge < -0.3 is 0 Å². The average Bonchev–Trinajstić information content (AvgIpc) is 2.83. The Bertz CT molecular complexity index is 369. The molecule has 1 nitrogen and oxygen atoms in total. The fourth-order valence-corrected chi connectivity index (χ4v) is 2.13. The third-order valence-corrected chi connectivity index (χ3v) is 3.01. The molecule has 0 radical (unpaired) electrons. The zero-order valence-corrected chi connectivity index (χ0v) is 8.51. The van der Waals surface area contributed by atoms with Crippen LogP contribution in [0.5, 0.6) is 0 Å². The number of carbonyl (C=O) groups excluding carboxylic acids is 1. The van der Waals surface area contributed by atoms with Gasteiger partial charge in [-0.1, -0.05) is 17.7 Å². The van der Waals surface area contributed by atoms with E-state index in [0.717, 1.165) is 6.42 Å². The van der Waals surface area contributed by atoms with Gasteiger partial charge in [-0.2, -0.15) is 0 Å². The summed E-state index contributed by atoms with van der Waals surface area (Å²) in [4.78, 5) is 11.0. The number of halogens is 2. The molecule has 2 rings (SSSR count). The molecule has 0 bridgehead atoms. The van der Waals surface area contributed by atoms with Crippen LogP contribution in [0.15, 0.2) is 18.2 Å². The minimum absolute atomic E-state index is 0.00111. The van der Waals surface area contributed by atoms with Crippen molar-refractivity contribution in [2.45, 2.75) is 19.3 Å². The SMILES string of the molecule is CC(=O)[C@H]1C[C@@H]1c1c(F)cccc1Cl. The number of rotatable bonds is 2. The molecule has 0 unspecified atom stereocenters. The van der Waals surface area contributed by atoms with Crippen molar-refractivity contribution in [2.24, 2.45) is 5.92 Å². The summed E-state index contributed by atoms with van der Waals surface area (Å²) in [5.74, 6) is -0.203. The smallest absolute Gasteiger partial charge is 0.133 e. The molecule has 3 heteroatoms. The van der Waals surface area contributed by atoms with E-state index in [-0.39, 0.29) is 23.4 Å². The van der Waals surface area contributed by atoms with Gasteiger partial charge in [-0.3, -0.25) is 4.79 Å². The fraction of sp³-hybridized carbons (Fsp3) is 0.364. The molecule has 1 aliphatic carbocycles. The van der Waals surface area contributed by atoms with E-state index in [2.05, 4.69) is 0 Å². The Labute approximate surface area is 86.9 Å². The standard InChI is InChI=1S/C11H10ClFO/c1-6(14)7-5-8(7)11-9(12)3-2-4-10(11)13/h2-4,7-8H,5H2,1H3/t7-,8+/m1/s1. The van der Waals surface area contributed by atoms with Crippen LogP contribution in [-0.2, 0) is 4.79 Å². The zero-order chi connectivity index (χ0) is 10.3. The van der Waals surface area contributed by atoms with Crippen LogP contribution >= 0.6 is 11.6 Å². The lowest BCUT2D eigenvalue weighted by Gasteiger charge is -2.03. The van der Waals surface area contributed by atoms with E-state index in [0.29, 0.717) is 10.6 Å². The van der Waals surface area contributed by atoms with Crippen molar-refractivity contribution in [3.63, 3.8) is 0 Å². The largest absolute Gasteiger partial charge is 0.300 e. The van der Waals surface area contributed by atoms with Crippen molar-refractivity contribution in [3.8, 4) is 0 Å². The normalized spacial score (nSPS) is 24.8. The van der Waals surface area contributed by atoms with Crippen LogP contribution in [0.25, 0.3) is 0 Å². The first-order valence-electron chi connectivity index (χ1n) is 4.55. The molecule has 0 heterocycles. The van der Waals surface area contributed by atoms with Gasteiger partial charge >= 0.3 is 0 Å². The maximum Gasteiger partial charge on any atom is 0.133 e. The molecule has 0 aliphatic heterocycles. The molecule has 1 fully saturated rings. The van der Waals surface area contributed by atoms with E-state index >= 15 is 0 Å². The third-order valence-electron chi connectivity index (χ3n) is 2.68. The van der Waals surface area contributed by atoms with E-state index in [9.17, 15) is 9.18 Å². The highest BCUT2D eigenvalue weighted by Crippen LogP contribution is 2.50. The van der Waals surface area contributed by atoms with Crippen LogP contribution in [0.4, 0.5) is 4.39 Å². The summed E-state index contributed by atoms with van der Waals surface area (Å²) in [5.41, 5.74) is 0.509. The lowest BCUT2D eigenvalue weighted by Crippen LogP contribution is -1.97. The maximum atomic E-state index is 13.4. The van der Waals surface area contributed by atoms with Crippen LogP contribution < -0.4 is 0 Å². The second-order valence-electron chi connectivity index (χ2n) is 3.69. The van der Waals surface area contributed by atoms with Crippen LogP contribution in [0, 0.1) is 11.7 Å². The molecule has 1 saturated carbocycles. The summed E-state index contributed by atoms with van der Waals surface area (Å²) in [6.45, 7) is 1.54. The number of carbonyl (C=O) groups is 1. The second-order valence-corrected chi connectivity index (χ2v) is 4.10. The highest BCUT2D eigenvalue weighted by molar-refractivity contribution is 6.31. The van der Waals surface area contributed by atoms with Gasteiger partial charge in [0, 0.05) is 16.5 Å². The van der Waals surface area contributed by atoms with Crippen molar-refractivity contribution in [1.29, 1.82) is 0 Å². The molecule has 1 aromatic rings. The summed E-state index contributed by atoms with van der Waals surface area (Å²) in [6, 6.07) is 4.62. The number of Topliss-reactive ketones (excluding diaryl/α,β-unsaturated/α-hetero) is 1. The minimum Gasteiger partial charge on any atom is -0.300 e. The van der Waals surface area contributed by atoms with E-state index in [1.54, 1.807) is 19.1 Å². The van der Waals surface area contributed by atoms with Crippen molar-refractivity contribution >= 4 is 17.4 Å². The highest BCUT2D eigenvalue weighted by atomic mass is 35.5. The molecule has 0 saturated heterocycles. The molecule has 1 aliphatic rings. The molecular formula is C11H10ClFO. The Kier molecular flexibility index (Phi) is 2.31. The highest BCUT2D eigenvalue weighted by Gasteiger charge is 2.44. The first-order valence-corrected chi connectivity index (χ1v) is 4.93. The number of hydrogen-bond donors (Lipinski definition) is 0. The number of hydrogen-bond acceptors (Lipinski definition) is 1. The van der Waals surface area contributed by atoms with E-state index in [4.69, 9.17) is 11.6 Å². The maximum absolute atomic E-state index is 13.4. The van der Waals surface area contributed by atoms with Gasteiger partial charge in [-0.15, -0.1) is 0 Å². The summed E-state index contributed by atoms with van der Waals surface area (Å²) in [6.07, 6.45) is 0.732. The molecule has 0 spiro atoms. The van der Waals surface area contributed by atoms with E-state index in [1.807, 2.05) is 0 Å². The molecule has 0 aromatic heterocycles. The molecule has 14 heavy (non-hydrogen) atoms. The van der Waals surface area contributed by atoms with E-state index < -0.39 is 0 Å². The van der Waals surface area contributed by atoms with Crippen LogP contribution in [0.3, 0.4) is 0 Å². The second kappa shape index (κ2) is 3.35. The Morgan fingerprint density at radius 1 is 1.57 bits per heavy atom. The molecule has 0 N–H and O–H groups in total. The minimum atomic E-state index is -0.300. The van der Waals surface area contributed by atoms with Crippen molar-refractivity contribution < 1.29 is 9.18 Å². The van der Waals surface area contributed by atoms with Crippen molar-refractivity contribution in [3.05, 3.63) is 34.6 Å². The molecule has 2 atom stereocenters. The van der Waals surface area contributed by atoms with Gasteiger partial charge in [0.05, 0.1) is 0 Å². The topological polar surface area (TPSA) is 17.1 Å². The van der Waals surface area contributed by atoms with Gasteiger partial charge in [0.1, 0.15) is 11.6 Å². The first kappa shape index (κ1) is 9.66.